The maximum absolute atomic E-state index is 12.6. The highest BCUT2D eigenvalue weighted by atomic mass is 32.2. The first-order chi connectivity index (χ1) is 11.1. The average Bonchev–Trinajstić information content (AvgIpc) is 3.11. The number of hydrogen-bond donors (Lipinski definition) is 0. The van der Waals surface area contributed by atoms with Crippen LogP contribution in [0.2, 0.25) is 0 Å². The van der Waals surface area contributed by atoms with Crippen LogP contribution in [0.25, 0.3) is 0 Å². The van der Waals surface area contributed by atoms with Crippen molar-refractivity contribution in [2.45, 2.75) is 33.6 Å². The molecule has 3 rings (SSSR count). The molecule has 0 bridgehead atoms. The first-order valence-electron chi connectivity index (χ1n) is 7.88. The van der Waals surface area contributed by atoms with Crippen LogP contribution in [0.1, 0.15) is 44.0 Å². The van der Waals surface area contributed by atoms with Crippen LogP contribution in [0, 0.1) is 0 Å². The van der Waals surface area contributed by atoms with E-state index in [1.54, 1.807) is 36.0 Å². The van der Waals surface area contributed by atoms with Crippen LogP contribution in [-0.2, 0) is 0 Å². The predicted molar refractivity (Wildman–Crippen MR) is 92.6 cm³/mol. The summed E-state index contributed by atoms with van der Waals surface area (Å²) >= 11 is 1.67. The van der Waals surface area contributed by atoms with Gasteiger partial charge in [0.15, 0.2) is 17.3 Å². The molecule has 0 unspecified atom stereocenters. The Bertz CT molecular complexity index is 694. The maximum Gasteiger partial charge on any atom is 0.231 e. The molecule has 5 heteroatoms. The summed E-state index contributed by atoms with van der Waals surface area (Å²) < 4.78 is 10.6. The fourth-order valence-corrected chi connectivity index (χ4v) is 3.66. The third kappa shape index (κ3) is 3.24. The van der Waals surface area contributed by atoms with E-state index in [0.717, 1.165) is 24.4 Å². The van der Waals surface area contributed by atoms with E-state index in [4.69, 9.17) is 9.47 Å². The van der Waals surface area contributed by atoms with Crippen LogP contribution in [0.4, 0.5) is 0 Å². The summed E-state index contributed by atoms with van der Waals surface area (Å²) in [6, 6.07) is 5.33. The number of benzene rings is 1. The van der Waals surface area contributed by atoms with Crippen molar-refractivity contribution in [3.63, 3.8) is 0 Å². The normalized spacial score (nSPS) is 18.2. The van der Waals surface area contributed by atoms with Gasteiger partial charge in [0, 0.05) is 28.8 Å². The van der Waals surface area contributed by atoms with Gasteiger partial charge in [0.1, 0.15) is 0 Å². The largest absolute Gasteiger partial charge is 0.454 e. The number of ketones is 1. The topological polar surface area (TPSA) is 38.8 Å². The molecule has 4 nitrogen and oxygen atoms in total. The zero-order chi connectivity index (χ0) is 16.4. The number of allylic oxidation sites excluding steroid dienone is 3. The molecule has 0 N–H and O–H groups in total. The number of carbonyl (C=O) groups is 1. The standard InChI is InChI=1S/C18H21NO3S/c1-4-5-8-19-12(2)13(3)23-18(19)10-15(20)14-6-7-16-17(9-14)22-11-21-16/h6-7,9-10H,4-5,8,11H2,1-3H3. The van der Waals surface area contributed by atoms with Gasteiger partial charge in [-0.3, -0.25) is 4.79 Å². The second-order valence-corrected chi connectivity index (χ2v) is 6.90. The highest BCUT2D eigenvalue weighted by Gasteiger charge is 2.23. The van der Waals surface area contributed by atoms with Crippen LogP contribution in [-0.4, -0.2) is 24.0 Å². The van der Waals surface area contributed by atoms with Gasteiger partial charge in [-0.05, 0) is 38.5 Å². The van der Waals surface area contributed by atoms with Crippen molar-refractivity contribution < 1.29 is 14.3 Å². The molecule has 23 heavy (non-hydrogen) atoms. The van der Waals surface area contributed by atoms with Crippen molar-refractivity contribution in [1.82, 2.24) is 4.90 Å². The molecule has 0 saturated heterocycles. The van der Waals surface area contributed by atoms with E-state index in [-0.39, 0.29) is 12.6 Å². The summed E-state index contributed by atoms with van der Waals surface area (Å²) in [6.45, 7) is 7.56. The highest BCUT2D eigenvalue weighted by molar-refractivity contribution is 8.06. The summed E-state index contributed by atoms with van der Waals surface area (Å²) in [5, 5.41) is 1.01. The molecule has 2 heterocycles. The van der Waals surface area contributed by atoms with E-state index in [1.165, 1.54) is 10.6 Å². The molecular weight excluding hydrogens is 310 g/mol. The fraction of sp³-hybridized carbons (Fsp3) is 0.389. The van der Waals surface area contributed by atoms with Gasteiger partial charge < -0.3 is 14.4 Å². The monoisotopic (exact) mass is 331 g/mol. The Kier molecular flexibility index (Phi) is 4.66. The molecule has 0 aromatic heterocycles. The van der Waals surface area contributed by atoms with Gasteiger partial charge in [-0.25, -0.2) is 0 Å². The van der Waals surface area contributed by atoms with Crippen molar-refractivity contribution in [1.29, 1.82) is 0 Å². The third-order valence-corrected chi connectivity index (χ3v) is 5.23. The number of fused-ring (bicyclic) bond motifs is 1. The highest BCUT2D eigenvalue weighted by Crippen LogP contribution is 2.41. The van der Waals surface area contributed by atoms with E-state index in [2.05, 4.69) is 25.7 Å². The Hall–Kier alpha value is -1.88. The summed E-state index contributed by atoms with van der Waals surface area (Å²) in [5.41, 5.74) is 1.87. The van der Waals surface area contributed by atoms with Gasteiger partial charge in [0.2, 0.25) is 6.79 Å². The Morgan fingerprint density at radius 3 is 2.87 bits per heavy atom. The predicted octanol–water partition coefficient (Wildman–Crippen LogP) is 4.54. The number of hydrogen-bond acceptors (Lipinski definition) is 5. The Labute approximate surface area is 141 Å². The number of nitrogens with zero attached hydrogens (tertiary/aromatic N) is 1. The Morgan fingerprint density at radius 1 is 1.30 bits per heavy atom. The minimum absolute atomic E-state index is 0.00482. The molecule has 0 amide bonds. The SMILES string of the molecule is CCCCN1C(=CC(=O)c2ccc3c(c2)OCO3)SC(C)=C1C. The minimum atomic E-state index is -0.00482. The molecule has 1 aromatic rings. The first kappa shape index (κ1) is 16.0. The molecule has 0 spiro atoms. The van der Waals surface area contributed by atoms with Crippen LogP contribution >= 0.6 is 11.8 Å². The Morgan fingerprint density at radius 2 is 2.09 bits per heavy atom. The van der Waals surface area contributed by atoms with Gasteiger partial charge in [-0.1, -0.05) is 25.1 Å². The lowest BCUT2D eigenvalue weighted by Crippen LogP contribution is -2.18. The lowest BCUT2D eigenvalue weighted by atomic mass is 10.1. The number of carbonyl (C=O) groups excluding carboxylic acids is 1. The van der Waals surface area contributed by atoms with Gasteiger partial charge in [0.25, 0.3) is 0 Å². The van der Waals surface area contributed by atoms with Crippen LogP contribution in [0.15, 0.2) is 39.9 Å². The second-order valence-electron chi connectivity index (χ2n) is 5.66. The lowest BCUT2D eigenvalue weighted by Gasteiger charge is -2.21. The summed E-state index contributed by atoms with van der Waals surface area (Å²) in [5.74, 6) is 1.33. The van der Waals surface area contributed by atoms with Crippen molar-refractivity contribution in [2.75, 3.05) is 13.3 Å². The number of thioether (sulfide) groups is 1. The van der Waals surface area contributed by atoms with Crippen molar-refractivity contribution in [3.05, 3.63) is 45.5 Å². The molecule has 0 aliphatic carbocycles. The number of ether oxygens (including phenoxy) is 2. The summed E-state index contributed by atoms with van der Waals surface area (Å²) in [7, 11) is 0. The van der Waals surface area contributed by atoms with Gasteiger partial charge in [0.05, 0.1) is 5.03 Å². The van der Waals surface area contributed by atoms with Gasteiger partial charge >= 0.3 is 0 Å². The molecule has 2 aliphatic rings. The van der Waals surface area contributed by atoms with Crippen molar-refractivity contribution >= 4 is 17.5 Å². The lowest BCUT2D eigenvalue weighted by molar-refractivity contribution is 0.104. The third-order valence-electron chi connectivity index (χ3n) is 4.09. The maximum atomic E-state index is 12.6. The second kappa shape index (κ2) is 6.71. The minimum Gasteiger partial charge on any atom is -0.454 e. The average molecular weight is 331 g/mol. The van der Waals surface area contributed by atoms with Crippen molar-refractivity contribution in [2.24, 2.45) is 0 Å². The van der Waals surface area contributed by atoms with E-state index >= 15 is 0 Å². The van der Waals surface area contributed by atoms with Crippen molar-refractivity contribution in [3.8, 4) is 11.5 Å². The quantitative estimate of drug-likeness (QED) is 0.585. The molecule has 2 aliphatic heterocycles. The van der Waals surface area contributed by atoms with Gasteiger partial charge in [-0.2, -0.15) is 0 Å². The molecule has 0 radical (unpaired) electrons. The van der Waals surface area contributed by atoms with E-state index in [9.17, 15) is 4.79 Å². The fourth-order valence-electron chi connectivity index (χ4n) is 2.59. The molecular formula is C18H21NO3S. The Balaban J connectivity index is 1.81. The van der Waals surface area contributed by atoms with Crippen LogP contribution in [0.5, 0.6) is 11.5 Å². The van der Waals surface area contributed by atoms with E-state index in [0.29, 0.717) is 17.1 Å². The zero-order valence-corrected chi connectivity index (χ0v) is 14.5. The smallest absolute Gasteiger partial charge is 0.231 e. The number of unbranched alkanes of at least 4 members (excludes halogenated alkanes) is 1. The number of rotatable bonds is 5. The molecule has 1 aromatic carbocycles. The zero-order valence-electron chi connectivity index (χ0n) is 13.7. The molecule has 0 saturated carbocycles. The van der Waals surface area contributed by atoms with Gasteiger partial charge in [-0.15, -0.1) is 0 Å². The van der Waals surface area contributed by atoms with E-state index < -0.39 is 0 Å². The summed E-state index contributed by atoms with van der Waals surface area (Å²) in [6.07, 6.45) is 3.98. The summed E-state index contributed by atoms with van der Waals surface area (Å²) in [4.78, 5) is 16.1. The van der Waals surface area contributed by atoms with Crippen LogP contribution < -0.4 is 9.47 Å². The molecule has 122 valence electrons. The first-order valence-corrected chi connectivity index (χ1v) is 8.70. The molecule has 0 atom stereocenters. The molecule has 0 fully saturated rings. The van der Waals surface area contributed by atoms with Crippen LogP contribution in [0.3, 0.4) is 0 Å². The van der Waals surface area contributed by atoms with E-state index in [1.807, 2.05) is 0 Å².